The number of carbonyl (C=O) groups excluding carboxylic acids is 2. The Balaban J connectivity index is 1.14. The predicted octanol–water partition coefficient (Wildman–Crippen LogP) is 3.00. The molecule has 2 saturated heterocycles. The second kappa shape index (κ2) is 8.47. The van der Waals surface area contributed by atoms with Gasteiger partial charge in [-0.05, 0) is 53.1 Å². The third-order valence-corrected chi connectivity index (χ3v) is 6.88. The number of methoxy groups -OCH3 is 1. The quantitative estimate of drug-likeness (QED) is 0.724. The minimum Gasteiger partial charge on any atom is -0.497 e. The first-order chi connectivity index (χ1) is 15.5. The SMILES string of the molecule is COc1ccc(CN2C[C@@H]3C(c4ccc(N5C[C@H](CNC(C)=O)OC5=O)cc4)[C@@H]3C2)cc1. The molecule has 0 radical (unpaired) electrons. The molecule has 7 nitrogen and oxygen atoms in total. The van der Waals surface area contributed by atoms with Crippen LogP contribution in [0.4, 0.5) is 10.5 Å². The van der Waals surface area contributed by atoms with Gasteiger partial charge in [0.25, 0.3) is 0 Å². The van der Waals surface area contributed by atoms with Gasteiger partial charge in [-0.15, -0.1) is 0 Å². The van der Waals surface area contributed by atoms with Gasteiger partial charge >= 0.3 is 6.09 Å². The molecule has 0 aromatic heterocycles. The van der Waals surface area contributed by atoms with Crippen molar-refractivity contribution in [2.75, 3.05) is 38.2 Å². The van der Waals surface area contributed by atoms with Crippen molar-refractivity contribution in [1.29, 1.82) is 0 Å². The van der Waals surface area contributed by atoms with Gasteiger partial charge in [-0.2, -0.15) is 0 Å². The van der Waals surface area contributed by atoms with Crippen LogP contribution in [0.5, 0.6) is 5.75 Å². The summed E-state index contributed by atoms with van der Waals surface area (Å²) in [6, 6.07) is 16.7. The molecule has 2 amide bonds. The molecule has 7 heteroatoms. The molecule has 4 atom stereocenters. The summed E-state index contributed by atoms with van der Waals surface area (Å²) in [5.74, 6) is 2.83. The Bertz CT molecular complexity index is 979. The molecule has 2 aliphatic heterocycles. The van der Waals surface area contributed by atoms with Gasteiger partial charge in [0.05, 0.1) is 20.2 Å². The lowest BCUT2D eigenvalue weighted by Gasteiger charge is -2.20. The number of amides is 2. The van der Waals surface area contributed by atoms with Crippen LogP contribution >= 0.6 is 0 Å². The summed E-state index contributed by atoms with van der Waals surface area (Å²) >= 11 is 0. The van der Waals surface area contributed by atoms with Gasteiger partial charge in [-0.25, -0.2) is 4.79 Å². The molecule has 2 aromatic rings. The van der Waals surface area contributed by atoms with Crippen molar-refractivity contribution < 1.29 is 19.1 Å². The molecule has 1 aliphatic carbocycles. The smallest absolute Gasteiger partial charge is 0.414 e. The number of ether oxygens (including phenoxy) is 2. The fourth-order valence-electron chi connectivity index (χ4n) is 5.20. The number of rotatable bonds is 7. The number of carbonyl (C=O) groups is 2. The van der Waals surface area contributed by atoms with Crippen molar-refractivity contribution in [1.82, 2.24) is 10.2 Å². The molecule has 0 spiro atoms. The highest BCUT2D eigenvalue weighted by molar-refractivity contribution is 5.89. The maximum Gasteiger partial charge on any atom is 0.414 e. The van der Waals surface area contributed by atoms with E-state index >= 15 is 0 Å². The number of cyclic esters (lactones) is 1. The van der Waals surface area contributed by atoms with E-state index in [2.05, 4.69) is 34.5 Å². The van der Waals surface area contributed by atoms with Crippen LogP contribution in [-0.2, 0) is 16.1 Å². The maximum absolute atomic E-state index is 12.2. The number of piperidine rings is 1. The second-order valence-corrected chi connectivity index (χ2v) is 9.04. The predicted molar refractivity (Wildman–Crippen MR) is 121 cm³/mol. The fraction of sp³-hybridized carbons (Fsp3) is 0.440. The van der Waals surface area contributed by atoms with Crippen molar-refractivity contribution in [3.63, 3.8) is 0 Å². The summed E-state index contributed by atoms with van der Waals surface area (Å²) < 4.78 is 10.6. The summed E-state index contributed by atoms with van der Waals surface area (Å²) in [6.45, 7) is 5.50. The van der Waals surface area contributed by atoms with Crippen LogP contribution in [0, 0.1) is 11.8 Å². The van der Waals surface area contributed by atoms with Gasteiger partial charge < -0.3 is 14.8 Å². The second-order valence-electron chi connectivity index (χ2n) is 9.04. The lowest BCUT2D eigenvalue weighted by Crippen LogP contribution is -2.33. The maximum atomic E-state index is 12.2. The largest absolute Gasteiger partial charge is 0.497 e. The minimum atomic E-state index is -0.356. The van der Waals surface area contributed by atoms with E-state index in [9.17, 15) is 9.59 Å². The van der Waals surface area contributed by atoms with Crippen molar-refractivity contribution in [3.05, 3.63) is 59.7 Å². The molecule has 1 saturated carbocycles. The number of likely N-dealkylation sites (tertiary alicyclic amines) is 1. The molecular weight excluding hydrogens is 406 g/mol. The average Bonchev–Trinajstić information content (AvgIpc) is 3.10. The molecule has 5 rings (SSSR count). The fourth-order valence-corrected chi connectivity index (χ4v) is 5.20. The number of nitrogens with zero attached hydrogens (tertiary/aromatic N) is 2. The van der Waals surface area contributed by atoms with E-state index in [1.165, 1.54) is 18.1 Å². The molecule has 1 unspecified atom stereocenters. The lowest BCUT2D eigenvalue weighted by atomic mass is 10.1. The summed E-state index contributed by atoms with van der Waals surface area (Å²) in [6.07, 6.45) is -0.670. The highest BCUT2D eigenvalue weighted by Gasteiger charge is 2.55. The molecule has 3 aliphatic rings. The Morgan fingerprint density at radius 3 is 2.38 bits per heavy atom. The molecule has 1 N–H and O–H groups in total. The van der Waals surface area contributed by atoms with E-state index in [0.717, 1.165) is 42.9 Å². The van der Waals surface area contributed by atoms with Crippen LogP contribution in [0.3, 0.4) is 0 Å². The minimum absolute atomic E-state index is 0.124. The van der Waals surface area contributed by atoms with Gasteiger partial charge in [0.2, 0.25) is 5.91 Å². The van der Waals surface area contributed by atoms with E-state index in [1.807, 2.05) is 24.3 Å². The number of nitrogens with one attached hydrogen (secondary N) is 1. The number of fused-ring (bicyclic) bond motifs is 1. The Morgan fingerprint density at radius 2 is 1.75 bits per heavy atom. The lowest BCUT2D eigenvalue weighted by molar-refractivity contribution is -0.119. The number of anilines is 1. The molecule has 168 valence electrons. The summed E-state index contributed by atoms with van der Waals surface area (Å²) in [4.78, 5) is 27.5. The average molecular weight is 436 g/mol. The molecule has 2 aromatic carbocycles. The van der Waals surface area contributed by atoms with Crippen molar-refractivity contribution >= 4 is 17.7 Å². The zero-order valence-corrected chi connectivity index (χ0v) is 18.5. The highest BCUT2D eigenvalue weighted by Crippen LogP contribution is 2.58. The normalized spacial score (nSPS) is 26.6. The Labute approximate surface area is 188 Å². The van der Waals surface area contributed by atoms with E-state index in [1.54, 1.807) is 12.0 Å². The van der Waals surface area contributed by atoms with E-state index in [4.69, 9.17) is 9.47 Å². The van der Waals surface area contributed by atoms with Gasteiger partial charge in [0.15, 0.2) is 0 Å². The van der Waals surface area contributed by atoms with Gasteiger partial charge in [-0.1, -0.05) is 24.3 Å². The monoisotopic (exact) mass is 435 g/mol. The summed E-state index contributed by atoms with van der Waals surface area (Å²) in [7, 11) is 1.69. The first-order valence-electron chi connectivity index (χ1n) is 11.2. The number of benzene rings is 2. The van der Waals surface area contributed by atoms with E-state index in [-0.39, 0.29) is 18.1 Å². The topological polar surface area (TPSA) is 71.1 Å². The van der Waals surface area contributed by atoms with Crippen LogP contribution in [0.1, 0.15) is 24.0 Å². The zero-order valence-electron chi connectivity index (χ0n) is 18.5. The molecule has 3 fully saturated rings. The van der Waals surface area contributed by atoms with Crippen LogP contribution < -0.4 is 15.0 Å². The molecular formula is C25H29N3O4. The molecule has 0 bridgehead atoms. The van der Waals surface area contributed by atoms with Gasteiger partial charge in [0, 0.05) is 32.2 Å². The number of hydrogen-bond donors (Lipinski definition) is 1. The zero-order chi connectivity index (χ0) is 22.2. The van der Waals surface area contributed by atoms with Crippen molar-refractivity contribution in [2.45, 2.75) is 25.5 Å². The number of hydrogen-bond acceptors (Lipinski definition) is 5. The summed E-state index contributed by atoms with van der Waals surface area (Å²) in [5, 5.41) is 2.71. The Morgan fingerprint density at radius 1 is 1.06 bits per heavy atom. The first-order valence-corrected chi connectivity index (χ1v) is 11.2. The third-order valence-electron chi connectivity index (χ3n) is 6.88. The van der Waals surface area contributed by atoms with Crippen molar-refractivity contribution in [3.8, 4) is 5.75 Å². The van der Waals surface area contributed by atoms with E-state index < -0.39 is 0 Å². The van der Waals surface area contributed by atoms with Crippen LogP contribution in [-0.4, -0.2) is 56.3 Å². The van der Waals surface area contributed by atoms with Crippen LogP contribution in [0.25, 0.3) is 0 Å². The molecule has 32 heavy (non-hydrogen) atoms. The first kappa shape index (κ1) is 20.8. The highest BCUT2D eigenvalue weighted by atomic mass is 16.6. The van der Waals surface area contributed by atoms with Gasteiger partial charge in [0.1, 0.15) is 11.9 Å². The molecule has 2 heterocycles. The van der Waals surface area contributed by atoms with Crippen LogP contribution in [0.2, 0.25) is 0 Å². The Kier molecular flexibility index (Phi) is 5.51. The standard InChI is InChI=1S/C25H29N3O4/c1-16(29)26-11-21-13-28(25(30)32-21)19-7-5-18(6-8-19)24-22-14-27(15-23(22)24)12-17-3-9-20(31-2)10-4-17/h3-10,21-24H,11-15H2,1-2H3,(H,26,29)/t21-,22-,23+,24?/m0/s1. The summed E-state index contributed by atoms with van der Waals surface area (Å²) in [5.41, 5.74) is 3.52. The van der Waals surface area contributed by atoms with Crippen LogP contribution in [0.15, 0.2) is 48.5 Å². The van der Waals surface area contributed by atoms with E-state index in [0.29, 0.717) is 19.0 Å². The van der Waals surface area contributed by atoms with Crippen molar-refractivity contribution in [2.24, 2.45) is 11.8 Å². The van der Waals surface area contributed by atoms with Gasteiger partial charge in [-0.3, -0.25) is 14.6 Å². The third kappa shape index (κ3) is 4.17. The Hall–Kier alpha value is -3.06.